The van der Waals surface area contributed by atoms with Crippen LogP contribution < -0.4 is 15.4 Å². The lowest BCUT2D eigenvalue weighted by atomic mass is 10.1. The summed E-state index contributed by atoms with van der Waals surface area (Å²) >= 11 is 8.88. The van der Waals surface area contributed by atoms with E-state index in [2.05, 4.69) is 33.5 Å². The number of hydrogen-bond acceptors (Lipinski definition) is 6. The normalized spacial score (nSPS) is 15.0. The molecule has 1 unspecified atom stereocenters. The average Bonchev–Trinajstić information content (AvgIpc) is 2.92. The van der Waals surface area contributed by atoms with Crippen LogP contribution in [0.3, 0.4) is 0 Å². The topological polar surface area (TPSA) is 97.0 Å². The van der Waals surface area contributed by atoms with E-state index in [0.717, 1.165) is 30.2 Å². The number of carbonyl (C=O) groups excluding carboxylic acids is 3. The van der Waals surface area contributed by atoms with Crippen molar-refractivity contribution in [2.45, 2.75) is 96.9 Å². The molecule has 39 heavy (non-hydrogen) atoms. The summed E-state index contributed by atoms with van der Waals surface area (Å²) in [6, 6.07) is 4.34. The molecular weight excluding hydrogens is 582 g/mol. The van der Waals surface area contributed by atoms with Crippen LogP contribution in [0.25, 0.3) is 0 Å². The molecule has 1 heterocycles. The highest BCUT2D eigenvalue weighted by atomic mass is 79.9. The Morgan fingerprint density at radius 3 is 2.36 bits per heavy atom. The van der Waals surface area contributed by atoms with Gasteiger partial charge in [-0.3, -0.25) is 19.7 Å². The van der Waals surface area contributed by atoms with Gasteiger partial charge >= 0.3 is 5.97 Å². The highest BCUT2D eigenvalue weighted by molar-refractivity contribution is 9.10. The van der Waals surface area contributed by atoms with Crippen LogP contribution in [0, 0.1) is 0 Å². The van der Waals surface area contributed by atoms with Crippen molar-refractivity contribution >= 4 is 51.0 Å². The molecule has 0 aliphatic carbocycles. The molecule has 1 aliphatic heterocycles. The van der Waals surface area contributed by atoms with Gasteiger partial charge in [0.2, 0.25) is 5.91 Å². The molecule has 1 fully saturated rings. The maximum Gasteiger partial charge on any atom is 0.308 e. The van der Waals surface area contributed by atoms with Crippen LogP contribution >= 0.6 is 28.1 Å². The molecule has 10 heteroatoms. The third-order valence-electron chi connectivity index (χ3n) is 6.58. The molecule has 2 rings (SSSR count). The number of rotatable bonds is 17. The van der Waals surface area contributed by atoms with Crippen LogP contribution in [0.2, 0.25) is 0 Å². The largest absolute Gasteiger partial charge is 0.493 e. The average molecular weight is 627 g/mol. The van der Waals surface area contributed by atoms with Crippen molar-refractivity contribution in [3.63, 3.8) is 0 Å². The van der Waals surface area contributed by atoms with Gasteiger partial charge in [-0.1, -0.05) is 87.6 Å². The Balaban J connectivity index is 1.80. The zero-order valence-corrected chi connectivity index (χ0v) is 25.8. The smallest absolute Gasteiger partial charge is 0.308 e. The summed E-state index contributed by atoms with van der Waals surface area (Å²) in [7, 11) is 0. The number of benzene rings is 1. The van der Waals surface area contributed by atoms with Gasteiger partial charge in [0.25, 0.3) is 5.91 Å². The fraction of sp³-hybridized carbons (Fsp3) is 0.655. The quantitative estimate of drug-likeness (QED) is 0.126. The molecule has 8 nitrogen and oxygen atoms in total. The summed E-state index contributed by atoms with van der Waals surface area (Å²) in [6.45, 7) is 5.76. The molecule has 1 saturated heterocycles. The number of thiocarbonyl (C=S) groups is 1. The van der Waals surface area contributed by atoms with Crippen LogP contribution in [0.15, 0.2) is 22.7 Å². The molecule has 1 aromatic rings. The molecule has 1 atom stereocenters. The molecule has 2 N–H and O–H groups in total. The number of carbonyl (C=O) groups is 3. The summed E-state index contributed by atoms with van der Waals surface area (Å²) in [5.74, 6) is -0.762. The van der Waals surface area contributed by atoms with Crippen molar-refractivity contribution in [3.8, 4) is 5.75 Å². The molecule has 218 valence electrons. The van der Waals surface area contributed by atoms with Gasteiger partial charge in [-0.05, 0) is 43.3 Å². The van der Waals surface area contributed by atoms with Gasteiger partial charge in [-0.25, -0.2) is 0 Å². The first-order chi connectivity index (χ1) is 18.9. The predicted molar refractivity (Wildman–Crippen MR) is 161 cm³/mol. The molecule has 2 amide bonds. The minimum Gasteiger partial charge on any atom is -0.493 e. The molecule has 0 bridgehead atoms. The first-order valence-electron chi connectivity index (χ1n) is 14.3. The van der Waals surface area contributed by atoms with E-state index in [4.69, 9.17) is 21.7 Å². The van der Waals surface area contributed by atoms with E-state index in [-0.39, 0.29) is 17.4 Å². The third kappa shape index (κ3) is 12.2. The van der Waals surface area contributed by atoms with E-state index < -0.39 is 17.9 Å². The van der Waals surface area contributed by atoms with E-state index in [1.54, 1.807) is 23.1 Å². The standard InChI is InChI=1S/C29H44BrN3O5S/c1-3-5-6-7-8-9-10-11-12-13-19-38-26(34)21-24-28(36)31-16-17-33(24)29(39)32-27(35)23-20-22(30)14-15-25(23)37-18-4-2/h14-15,20,24H,3-13,16-19,21H2,1-2H3,(H,31,36)(H,32,35,39). The van der Waals surface area contributed by atoms with Crippen LogP contribution in [0.1, 0.15) is 101 Å². The lowest BCUT2D eigenvalue weighted by Crippen LogP contribution is -2.60. The second-order valence-electron chi connectivity index (χ2n) is 9.86. The fourth-order valence-electron chi connectivity index (χ4n) is 4.41. The second kappa shape index (κ2) is 19.0. The lowest BCUT2D eigenvalue weighted by molar-refractivity contribution is -0.147. The van der Waals surface area contributed by atoms with Crippen molar-refractivity contribution in [2.75, 3.05) is 26.3 Å². The highest BCUT2D eigenvalue weighted by Gasteiger charge is 2.34. The van der Waals surface area contributed by atoms with Crippen LogP contribution in [0.5, 0.6) is 5.75 Å². The van der Waals surface area contributed by atoms with Crippen molar-refractivity contribution in [1.29, 1.82) is 0 Å². The maximum absolute atomic E-state index is 13.1. The van der Waals surface area contributed by atoms with Crippen molar-refractivity contribution in [3.05, 3.63) is 28.2 Å². The van der Waals surface area contributed by atoms with E-state index >= 15 is 0 Å². The minimum atomic E-state index is -0.843. The van der Waals surface area contributed by atoms with Crippen LogP contribution in [-0.2, 0) is 14.3 Å². The Hall–Kier alpha value is -2.20. The number of unbranched alkanes of at least 4 members (excludes halogenated alkanes) is 9. The zero-order chi connectivity index (χ0) is 28.5. The summed E-state index contributed by atoms with van der Waals surface area (Å²) in [5.41, 5.74) is 0.328. The number of ether oxygens (including phenoxy) is 2. The summed E-state index contributed by atoms with van der Waals surface area (Å²) < 4.78 is 11.8. The molecule has 0 radical (unpaired) electrons. The number of esters is 1. The van der Waals surface area contributed by atoms with Gasteiger partial charge in [-0.15, -0.1) is 0 Å². The maximum atomic E-state index is 13.1. The Bertz CT molecular complexity index is 945. The van der Waals surface area contributed by atoms with Crippen molar-refractivity contribution in [2.24, 2.45) is 0 Å². The Labute approximate surface area is 247 Å². The first kappa shape index (κ1) is 33.0. The number of piperazine rings is 1. The number of hydrogen-bond donors (Lipinski definition) is 2. The van der Waals surface area contributed by atoms with Crippen molar-refractivity contribution in [1.82, 2.24) is 15.5 Å². The van der Waals surface area contributed by atoms with Gasteiger partial charge in [0.1, 0.15) is 11.8 Å². The molecule has 0 saturated carbocycles. The minimum absolute atomic E-state index is 0.0868. The van der Waals surface area contributed by atoms with Gasteiger partial charge < -0.3 is 19.7 Å². The third-order valence-corrected chi connectivity index (χ3v) is 7.41. The second-order valence-corrected chi connectivity index (χ2v) is 11.2. The zero-order valence-electron chi connectivity index (χ0n) is 23.4. The number of amides is 2. The van der Waals surface area contributed by atoms with Gasteiger partial charge in [0.05, 0.1) is 25.2 Å². The van der Waals surface area contributed by atoms with E-state index in [0.29, 0.717) is 37.6 Å². The fourth-order valence-corrected chi connectivity index (χ4v) is 5.08. The Morgan fingerprint density at radius 2 is 1.69 bits per heavy atom. The SMILES string of the molecule is CCCCCCCCCCCCOC(=O)CC1C(=O)NCCN1C(=S)NC(=O)c1cc(Br)ccc1OCCC. The first-order valence-corrected chi connectivity index (χ1v) is 15.5. The molecule has 0 aromatic heterocycles. The number of nitrogens with zero attached hydrogens (tertiary/aromatic N) is 1. The molecular formula is C29H44BrN3O5S. The summed E-state index contributed by atoms with van der Waals surface area (Å²) in [5, 5.41) is 5.57. The Morgan fingerprint density at radius 1 is 1.03 bits per heavy atom. The lowest BCUT2D eigenvalue weighted by Gasteiger charge is -2.36. The monoisotopic (exact) mass is 625 g/mol. The summed E-state index contributed by atoms with van der Waals surface area (Å²) in [6.07, 6.45) is 12.7. The summed E-state index contributed by atoms with van der Waals surface area (Å²) in [4.78, 5) is 39.8. The van der Waals surface area contributed by atoms with Crippen molar-refractivity contribution < 1.29 is 23.9 Å². The van der Waals surface area contributed by atoms with Gasteiger partial charge in [0, 0.05) is 17.6 Å². The Kier molecular flexibility index (Phi) is 16.1. The molecule has 0 spiro atoms. The van der Waals surface area contributed by atoms with Gasteiger partial charge in [-0.2, -0.15) is 0 Å². The predicted octanol–water partition coefficient (Wildman–Crippen LogP) is 5.91. The van der Waals surface area contributed by atoms with Gasteiger partial charge in [0.15, 0.2) is 5.11 Å². The number of nitrogens with one attached hydrogen (secondary N) is 2. The number of halogens is 1. The van der Waals surface area contributed by atoms with E-state index in [1.165, 1.54) is 44.9 Å². The van der Waals surface area contributed by atoms with Crippen LogP contribution in [-0.4, -0.2) is 60.1 Å². The van der Waals surface area contributed by atoms with E-state index in [9.17, 15) is 14.4 Å². The molecule has 1 aromatic carbocycles. The molecule has 1 aliphatic rings. The highest BCUT2D eigenvalue weighted by Crippen LogP contribution is 2.24. The van der Waals surface area contributed by atoms with Crippen LogP contribution in [0.4, 0.5) is 0 Å². The van der Waals surface area contributed by atoms with E-state index in [1.807, 2.05) is 6.92 Å².